The normalized spacial score (nSPS) is 11.6. The van der Waals surface area contributed by atoms with E-state index in [1.54, 1.807) is 6.08 Å². The Morgan fingerprint density at radius 2 is 2.00 bits per heavy atom. The predicted molar refractivity (Wildman–Crippen MR) is 73.8 cm³/mol. The van der Waals surface area contributed by atoms with Gasteiger partial charge in [-0.3, -0.25) is 9.59 Å². The van der Waals surface area contributed by atoms with E-state index >= 15 is 0 Å². The van der Waals surface area contributed by atoms with E-state index in [-0.39, 0.29) is 18.4 Å². The Balaban J connectivity index is 2.58. The zero-order chi connectivity index (χ0) is 14.1. The monoisotopic (exact) mass is 261 g/mol. The third-order valence-corrected chi connectivity index (χ3v) is 2.69. The number of allylic oxidation sites excluding steroid dienone is 1. The van der Waals surface area contributed by atoms with Crippen LogP contribution in [0.3, 0.4) is 0 Å². The number of hydrogen-bond acceptors (Lipinski definition) is 2. The van der Waals surface area contributed by atoms with Gasteiger partial charge in [-0.2, -0.15) is 0 Å². The second-order valence-electron chi connectivity index (χ2n) is 4.38. The molecule has 1 aromatic carbocycles. The fourth-order valence-corrected chi connectivity index (χ4v) is 1.82. The molecule has 0 unspecified atom stereocenters. The smallest absolute Gasteiger partial charge is 0.305 e. The summed E-state index contributed by atoms with van der Waals surface area (Å²) in [6.07, 6.45) is 3.05. The second-order valence-corrected chi connectivity index (χ2v) is 4.38. The lowest BCUT2D eigenvalue weighted by Crippen LogP contribution is -2.37. The number of carbonyl (C=O) groups is 2. The van der Waals surface area contributed by atoms with Crippen LogP contribution < -0.4 is 5.32 Å². The lowest BCUT2D eigenvalue weighted by Gasteiger charge is -2.17. The molecule has 0 bridgehead atoms. The molecule has 1 atom stereocenters. The van der Waals surface area contributed by atoms with Crippen LogP contribution in [0, 0.1) is 0 Å². The molecular weight excluding hydrogens is 242 g/mol. The van der Waals surface area contributed by atoms with Crippen LogP contribution in [0.1, 0.15) is 24.8 Å². The van der Waals surface area contributed by atoms with Crippen LogP contribution in [-0.2, 0) is 16.0 Å². The Kier molecular flexibility index (Phi) is 6.36. The molecule has 4 heteroatoms. The number of amides is 1. The van der Waals surface area contributed by atoms with E-state index in [0.29, 0.717) is 19.3 Å². The summed E-state index contributed by atoms with van der Waals surface area (Å²) in [7, 11) is 0. The Hall–Kier alpha value is -2.10. The van der Waals surface area contributed by atoms with Gasteiger partial charge in [0.15, 0.2) is 0 Å². The SMILES string of the molecule is C=CCCC(=O)N[C@H](CC(=O)O)Cc1ccccc1. The summed E-state index contributed by atoms with van der Waals surface area (Å²) in [5, 5.41) is 11.6. The number of hydrogen-bond donors (Lipinski definition) is 2. The van der Waals surface area contributed by atoms with Crippen molar-refractivity contribution < 1.29 is 14.7 Å². The molecule has 4 nitrogen and oxygen atoms in total. The topological polar surface area (TPSA) is 66.4 Å². The molecule has 0 aliphatic heterocycles. The van der Waals surface area contributed by atoms with E-state index < -0.39 is 5.97 Å². The first-order valence-electron chi connectivity index (χ1n) is 6.27. The highest BCUT2D eigenvalue weighted by molar-refractivity contribution is 5.77. The number of benzene rings is 1. The zero-order valence-corrected chi connectivity index (χ0v) is 10.8. The fraction of sp³-hybridized carbons (Fsp3) is 0.333. The lowest BCUT2D eigenvalue weighted by atomic mass is 10.0. The van der Waals surface area contributed by atoms with Crippen molar-refractivity contribution in [1.82, 2.24) is 5.32 Å². The summed E-state index contributed by atoms with van der Waals surface area (Å²) in [5.74, 6) is -1.05. The fourth-order valence-electron chi connectivity index (χ4n) is 1.82. The first-order chi connectivity index (χ1) is 9.11. The summed E-state index contributed by atoms with van der Waals surface area (Å²) in [4.78, 5) is 22.5. The summed E-state index contributed by atoms with van der Waals surface area (Å²) >= 11 is 0. The minimum Gasteiger partial charge on any atom is -0.481 e. The van der Waals surface area contributed by atoms with Gasteiger partial charge in [-0.15, -0.1) is 6.58 Å². The Bertz CT molecular complexity index is 428. The zero-order valence-electron chi connectivity index (χ0n) is 10.8. The van der Waals surface area contributed by atoms with E-state index in [4.69, 9.17) is 5.11 Å². The van der Waals surface area contributed by atoms with Gasteiger partial charge in [-0.05, 0) is 18.4 Å². The molecule has 0 aliphatic carbocycles. The molecule has 19 heavy (non-hydrogen) atoms. The maximum Gasteiger partial charge on any atom is 0.305 e. The van der Waals surface area contributed by atoms with E-state index in [9.17, 15) is 9.59 Å². The molecule has 0 saturated heterocycles. The van der Waals surface area contributed by atoms with Crippen molar-refractivity contribution in [3.05, 3.63) is 48.6 Å². The minimum absolute atomic E-state index is 0.0747. The largest absolute Gasteiger partial charge is 0.481 e. The quantitative estimate of drug-likeness (QED) is 0.705. The molecule has 1 aromatic rings. The molecule has 0 heterocycles. The van der Waals surface area contributed by atoms with Crippen LogP contribution >= 0.6 is 0 Å². The Morgan fingerprint density at radius 1 is 1.32 bits per heavy atom. The number of carboxylic acid groups (broad SMARTS) is 1. The van der Waals surface area contributed by atoms with Crippen molar-refractivity contribution in [3.8, 4) is 0 Å². The van der Waals surface area contributed by atoms with Gasteiger partial charge in [0, 0.05) is 12.5 Å². The Labute approximate surface area is 113 Å². The Morgan fingerprint density at radius 3 is 2.58 bits per heavy atom. The molecule has 0 spiro atoms. The average molecular weight is 261 g/mol. The van der Waals surface area contributed by atoms with Crippen molar-refractivity contribution in [2.24, 2.45) is 0 Å². The van der Waals surface area contributed by atoms with Gasteiger partial charge in [0.25, 0.3) is 0 Å². The standard InChI is InChI=1S/C15H19NO3/c1-2-3-9-14(17)16-13(11-15(18)19)10-12-7-5-4-6-8-12/h2,4-8,13H,1,3,9-11H2,(H,16,17)(H,18,19)/t13-/m0/s1. The van der Waals surface area contributed by atoms with Crippen LogP contribution in [0.25, 0.3) is 0 Å². The highest BCUT2D eigenvalue weighted by Crippen LogP contribution is 2.06. The third kappa shape index (κ3) is 6.41. The van der Waals surface area contributed by atoms with E-state index in [0.717, 1.165) is 5.56 Å². The van der Waals surface area contributed by atoms with Crippen molar-refractivity contribution in [3.63, 3.8) is 0 Å². The van der Waals surface area contributed by atoms with E-state index in [2.05, 4.69) is 11.9 Å². The summed E-state index contributed by atoms with van der Waals surface area (Å²) < 4.78 is 0. The number of rotatable bonds is 8. The number of aliphatic carboxylic acids is 1. The van der Waals surface area contributed by atoms with Crippen molar-refractivity contribution in [2.75, 3.05) is 0 Å². The maximum absolute atomic E-state index is 11.6. The third-order valence-electron chi connectivity index (χ3n) is 2.69. The highest BCUT2D eigenvalue weighted by Gasteiger charge is 2.16. The molecule has 0 fully saturated rings. The van der Waals surface area contributed by atoms with Crippen molar-refractivity contribution >= 4 is 11.9 Å². The predicted octanol–water partition coefficient (Wildman–Crippen LogP) is 2.15. The van der Waals surface area contributed by atoms with Crippen molar-refractivity contribution in [1.29, 1.82) is 0 Å². The second kappa shape index (κ2) is 8.08. The van der Waals surface area contributed by atoms with Gasteiger partial charge in [0.2, 0.25) is 5.91 Å². The van der Waals surface area contributed by atoms with E-state index in [1.807, 2.05) is 30.3 Å². The average Bonchev–Trinajstić information content (AvgIpc) is 2.36. The van der Waals surface area contributed by atoms with Crippen LogP contribution in [-0.4, -0.2) is 23.0 Å². The molecule has 0 aliphatic rings. The van der Waals surface area contributed by atoms with Crippen LogP contribution in [0.15, 0.2) is 43.0 Å². The number of nitrogens with one attached hydrogen (secondary N) is 1. The van der Waals surface area contributed by atoms with Crippen LogP contribution in [0.2, 0.25) is 0 Å². The number of carboxylic acids is 1. The summed E-state index contributed by atoms with van der Waals surface area (Å²) in [5.41, 5.74) is 1.01. The van der Waals surface area contributed by atoms with E-state index in [1.165, 1.54) is 0 Å². The minimum atomic E-state index is -0.912. The van der Waals surface area contributed by atoms with Gasteiger partial charge in [-0.1, -0.05) is 36.4 Å². The first-order valence-corrected chi connectivity index (χ1v) is 6.27. The highest BCUT2D eigenvalue weighted by atomic mass is 16.4. The molecule has 1 amide bonds. The number of carbonyl (C=O) groups excluding carboxylic acids is 1. The molecule has 0 saturated carbocycles. The molecular formula is C15H19NO3. The van der Waals surface area contributed by atoms with Crippen LogP contribution in [0.5, 0.6) is 0 Å². The molecule has 2 N–H and O–H groups in total. The van der Waals surface area contributed by atoms with Gasteiger partial charge < -0.3 is 10.4 Å². The van der Waals surface area contributed by atoms with Gasteiger partial charge >= 0.3 is 5.97 Å². The first kappa shape index (κ1) is 15.0. The lowest BCUT2D eigenvalue weighted by molar-refractivity contribution is -0.137. The van der Waals surface area contributed by atoms with Crippen molar-refractivity contribution in [2.45, 2.75) is 31.7 Å². The van der Waals surface area contributed by atoms with Gasteiger partial charge in [0.1, 0.15) is 0 Å². The maximum atomic E-state index is 11.6. The molecule has 0 radical (unpaired) electrons. The molecule has 1 rings (SSSR count). The molecule has 102 valence electrons. The van der Waals surface area contributed by atoms with Gasteiger partial charge in [-0.25, -0.2) is 0 Å². The molecule has 0 aromatic heterocycles. The summed E-state index contributed by atoms with van der Waals surface area (Å²) in [6, 6.07) is 9.16. The van der Waals surface area contributed by atoms with Gasteiger partial charge in [0.05, 0.1) is 6.42 Å². The summed E-state index contributed by atoms with van der Waals surface area (Å²) in [6.45, 7) is 3.55. The van der Waals surface area contributed by atoms with Crippen LogP contribution in [0.4, 0.5) is 0 Å².